The highest BCUT2D eigenvalue weighted by Crippen LogP contribution is 2.30. The summed E-state index contributed by atoms with van der Waals surface area (Å²) in [5, 5.41) is 26.4. The number of amides is 1. The SMILES string of the molecule is Cc1nn(-c2ccc(NC(=O)[C@H](O)c3cc(F)cc(C#N)c3)cc2Cl)c2c(N)ncnc12. The van der Waals surface area contributed by atoms with E-state index in [9.17, 15) is 14.3 Å². The number of nitrogens with zero attached hydrogens (tertiary/aromatic N) is 5. The van der Waals surface area contributed by atoms with Crippen molar-refractivity contribution in [2.45, 2.75) is 13.0 Å². The van der Waals surface area contributed by atoms with Gasteiger partial charge in [0.1, 0.15) is 23.2 Å². The van der Waals surface area contributed by atoms with E-state index in [1.807, 2.05) is 0 Å². The third-order valence-corrected chi connectivity index (χ3v) is 5.01. The van der Waals surface area contributed by atoms with E-state index in [2.05, 4.69) is 20.4 Å². The number of carbonyl (C=O) groups is 1. The quantitative estimate of drug-likeness (QED) is 0.432. The maximum Gasteiger partial charge on any atom is 0.257 e. The minimum Gasteiger partial charge on any atom is -0.382 e. The van der Waals surface area contributed by atoms with Crippen LogP contribution in [0.5, 0.6) is 0 Å². The molecule has 2 aromatic carbocycles. The van der Waals surface area contributed by atoms with Crippen LogP contribution in [-0.4, -0.2) is 30.8 Å². The third-order valence-electron chi connectivity index (χ3n) is 4.71. The zero-order chi connectivity index (χ0) is 23.0. The van der Waals surface area contributed by atoms with E-state index < -0.39 is 17.8 Å². The van der Waals surface area contributed by atoms with Gasteiger partial charge in [0.05, 0.1) is 28.0 Å². The number of hydrogen-bond acceptors (Lipinski definition) is 7. The summed E-state index contributed by atoms with van der Waals surface area (Å²) < 4.78 is 15.1. The largest absolute Gasteiger partial charge is 0.382 e. The minimum absolute atomic E-state index is 0.00996. The number of hydrogen-bond donors (Lipinski definition) is 3. The highest BCUT2D eigenvalue weighted by atomic mass is 35.5. The summed E-state index contributed by atoms with van der Waals surface area (Å²) in [6, 6.07) is 9.64. The van der Waals surface area contributed by atoms with Crippen molar-refractivity contribution in [3.63, 3.8) is 0 Å². The summed E-state index contributed by atoms with van der Waals surface area (Å²) in [5.74, 6) is -1.32. The maximum absolute atomic E-state index is 13.6. The number of nitrogens with one attached hydrogen (secondary N) is 1. The molecule has 11 heteroatoms. The highest BCUT2D eigenvalue weighted by molar-refractivity contribution is 6.32. The Bertz CT molecular complexity index is 1410. The van der Waals surface area contributed by atoms with Crippen LogP contribution in [0.25, 0.3) is 16.7 Å². The number of anilines is 2. The molecule has 0 saturated carbocycles. The first-order valence-electron chi connectivity index (χ1n) is 9.23. The smallest absolute Gasteiger partial charge is 0.257 e. The van der Waals surface area contributed by atoms with Crippen LogP contribution in [0.4, 0.5) is 15.9 Å². The molecule has 0 aliphatic heterocycles. The number of aliphatic hydroxyl groups excluding tert-OH is 1. The van der Waals surface area contributed by atoms with Gasteiger partial charge in [-0.15, -0.1) is 0 Å². The van der Waals surface area contributed by atoms with Crippen LogP contribution in [0.15, 0.2) is 42.7 Å². The Balaban J connectivity index is 1.62. The Morgan fingerprint density at radius 1 is 1.31 bits per heavy atom. The van der Waals surface area contributed by atoms with Gasteiger partial charge in [-0.1, -0.05) is 11.6 Å². The second-order valence-corrected chi connectivity index (χ2v) is 7.30. The van der Waals surface area contributed by atoms with Gasteiger partial charge in [-0.25, -0.2) is 19.0 Å². The molecular weight excluding hydrogens is 437 g/mol. The van der Waals surface area contributed by atoms with E-state index >= 15 is 0 Å². The molecule has 4 aromatic rings. The molecule has 4 N–H and O–H groups in total. The van der Waals surface area contributed by atoms with Crippen molar-refractivity contribution in [1.29, 1.82) is 5.26 Å². The Labute approximate surface area is 185 Å². The van der Waals surface area contributed by atoms with Crippen molar-refractivity contribution in [2.75, 3.05) is 11.1 Å². The summed E-state index contributed by atoms with van der Waals surface area (Å²) in [4.78, 5) is 20.6. The van der Waals surface area contributed by atoms with Crippen LogP contribution in [0.2, 0.25) is 5.02 Å². The molecule has 160 valence electrons. The molecule has 0 fully saturated rings. The predicted octanol–water partition coefficient (Wildman–Crippen LogP) is 3.04. The lowest BCUT2D eigenvalue weighted by Crippen LogP contribution is -2.21. The summed E-state index contributed by atoms with van der Waals surface area (Å²) in [7, 11) is 0. The zero-order valence-corrected chi connectivity index (χ0v) is 17.3. The topological polar surface area (TPSA) is 143 Å². The first kappa shape index (κ1) is 21.2. The van der Waals surface area contributed by atoms with Crippen LogP contribution in [0.3, 0.4) is 0 Å². The first-order chi connectivity index (χ1) is 15.3. The van der Waals surface area contributed by atoms with Gasteiger partial charge in [0, 0.05) is 5.69 Å². The van der Waals surface area contributed by atoms with E-state index in [1.165, 1.54) is 23.1 Å². The Morgan fingerprint density at radius 2 is 2.09 bits per heavy atom. The zero-order valence-electron chi connectivity index (χ0n) is 16.5. The summed E-state index contributed by atoms with van der Waals surface area (Å²) in [6.07, 6.45) is -0.341. The van der Waals surface area contributed by atoms with E-state index in [0.29, 0.717) is 22.4 Å². The third kappa shape index (κ3) is 3.82. The highest BCUT2D eigenvalue weighted by Gasteiger charge is 2.20. The monoisotopic (exact) mass is 451 g/mol. The number of aromatic nitrogens is 4. The number of aliphatic hydroxyl groups is 1. The van der Waals surface area contributed by atoms with E-state index in [0.717, 1.165) is 12.1 Å². The minimum atomic E-state index is -1.69. The molecule has 2 heterocycles. The number of nitriles is 1. The number of halogens is 2. The second kappa shape index (κ2) is 8.22. The van der Waals surface area contributed by atoms with E-state index in [-0.39, 0.29) is 27.7 Å². The normalized spacial score (nSPS) is 11.8. The van der Waals surface area contributed by atoms with Gasteiger partial charge in [0.25, 0.3) is 5.91 Å². The van der Waals surface area contributed by atoms with Crippen LogP contribution >= 0.6 is 11.6 Å². The molecule has 0 radical (unpaired) electrons. The van der Waals surface area contributed by atoms with Crippen LogP contribution in [0, 0.1) is 24.1 Å². The summed E-state index contributed by atoms with van der Waals surface area (Å²) in [5.41, 5.74) is 8.42. The van der Waals surface area contributed by atoms with Crippen LogP contribution in [0.1, 0.15) is 22.9 Å². The number of fused-ring (bicyclic) bond motifs is 1. The molecule has 1 atom stereocenters. The fourth-order valence-corrected chi connectivity index (χ4v) is 3.50. The standard InChI is InChI=1S/C21H15ClFN7O2/c1-10-17-18(20(25)27-9-26-17)30(29-10)16-3-2-14(7-15(16)22)28-21(32)19(31)12-4-11(8-24)5-13(23)6-12/h2-7,9,19,31H,1H3,(H,28,32)(H2,25,26,27)/t19-/m1/s1. The molecule has 4 rings (SSSR count). The fourth-order valence-electron chi connectivity index (χ4n) is 3.24. The summed E-state index contributed by atoms with van der Waals surface area (Å²) in [6.45, 7) is 1.78. The van der Waals surface area contributed by atoms with Crippen molar-refractivity contribution in [2.24, 2.45) is 0 Å². The number of carbonyl (C=O) groups excluding carboxylic acids is 1. The van der Waals surface area contributed by atoms with Gasteiger partial charge in [0.15, 0.2) is 11.9 Å². The fraction of sp³-hybridized carbons (Fsp3) is 0.0952. The molecule has 0 bridgehead atoms. The lowest BCUT2D eigenvalue weighted by atomic mass is 10.1. The lowest BCUT2D eigenvalue weighted by Gasteiger charge is -2.14. The molecular formula is C21H15ClFN7O2. The van der Waals surface area contributed by atoms with Crippen LogP contribution in [-0.2, 0) is 4.79 Å². The molecule has 0 saturated heterocycles. The van der Waals surface area contributed by atoms with Crippen molar-refractivity contribution >= 4 is 40.0 Å². The molecule has 2 aromatic heterocycles. The predicted molar refractivity (Wildman–Crippen MR) is 116 cm³/mol. The van der Waals surface area contributed by atoms with Crippen LogP contribution < -0.4 is 11.1 Å². The number of rotatable bonds is 4. The summed E-state index contributed by atoms with van der Waals surface area (Å²) >= 11 is 6.42. The van der Waals surface area contributed by atoms with Gasteiger partial charge in [-0.3, -0.25) is 4.79 Å². The molecule has 0 aliphatic rings. The lowest BCUT2D eigenvalue weighted by molar-refractivity contribution is -0.124. The van der Waals surface area contributed by atoms with Gasteiger partial charge in [-0.05, 0) is 48.9 Å². The number of nitrogen functional groups attached to an aromatic ring is 1. The molecule has 9 nitrogen and oxygen atoms in total. The number of aryl methyl sites for hydroxylation is 1. The van der Waals surface area contributed by atoms with Gasteiger partial charge >= 0.3 is 0 Å². The Hall–Kier alpha value is -4.07. The first-order valence-corrected chi connectivity index (χ1v) is 9.61. The molecule has 0 aliphatic carbocycles. The van der Waals surface area contributed by atoms with E-state index in [1.54, 1.807) is 25.1 Å². The Kier molecular flexibility index (Phi) is 5.44. The molecule has 0 spiro atoms. The average molecular weight is 452 g/mol. The molecule has 32 heavy (non-hydrogen) atoms. The van der Waals surface area contributed by atoms with Gasteiger partial charge in [-0.2, -0.15) is 10.4 Å². The van der Waals surface area contributed by atoms with Crippen molar-refractivity contribution in [3.05, 3.63) is 70.4 Å². The van der Waals surface area contributed by atoms with Gasteiger partial charge < -0.3 is 16.2 Å². The molecule has 1 amide bonds. The second-order valence-electron chi connectivity index (χ2n) is 6.90. The van der Waals surface area contributed by atoms with E-state index in [4.69, 9.17) is 22.6 Å². The van der Waals surface area contributed by atoms with Crippen molar-refractivity contribution in [3.8, 4) is 11.8 Å². The van der Waals surface area contributed by atoms with Crippen molar-refractivity contribution < 1.29 is 14.3 Å². The Morgan fingerprint density at radius 3 is 2.81 bits per heavy atom. The van der Waals surface area contributed by atoms with Gasteiger partial charge in [0.2, 0.25) is 0 Å². The van der Waals surface area contributed by atoms with Crippen molar-refractivity contribution in [1.82, 2.24) is 19.7 Å². The maximum atomic E-state index is 13.6. The number of benzene rings is 2. The molecule has 0 unspecified atom stereocenters. The number of nitrogens with two attached hydrogens (primary N) is 1. The average Bonchev–Trinajstić information content (AvgIpc) is 3.10.